The number of rotatable bonds is 5. The zero-order valence-electron chi connectivity index (χ0n) is 13.9. The van der Waals surface area contributed by atoms with Crippen LogP contribution in [0.5, 0.6) is 0 Å². The van der Waals surface area contributed by atoms with Gasteiger partial charge in [0.15, 0.2) is 5.11 Å². The van der Waals surface area contributed by atoms with E-state index in [-0.39, 0.29) is 0 Å². The first kappa shape index (κ1) is 16.9. The molecule has 24 heavy (non-hydrogen) atoms. The van der Waals surface area contributed by atoms with E-state index in [9.17, 15) is 0 Å². The van der Waals surface area contributed by atoms with Gasteiger partial charge in [-0.2, -0.15) is 0 Å². The molecule has 1 fully saturated rings. The Bertz CT molecular complexity index is 624. The Morgan fingerprint density at radius 2 is 1.75 bits per heavy atom. The van der Waals surface area contributed by atoms with E-state index in [1.54, 1.807) is 0 Å². The van der Waals surface area contributed by atoms with Crippen LogP contribution in [0.1, 0.15) is 11.1 Å². The average molecular weight is 340 g/mol. The second kappa shape index (κ2) is 8.76. The highest BCUT2D eigenvalue weighted by Gasteiger charge is 2.18. The Morgan fingerprint density at radius 1 is 1.00 bits per heavy atom. The van der Waals surface area contributed by atoms with E-state index in [1.165, 1.54) is 11.1 Å². The summed E-state index contributed by atoms with van der Waals surface area (Å²) in [5, 5.41) is 4.28. The lowest BCUT2D eigenvalue weighted by molar-refractivity contribution is 0.174. The third-order valence-electron chi connectivity index (χ3n) is 4.32. The number of aromatic nitrogens is 1. The van der Waals surface area contributed by atoms with E-state index in [0.29, 0.717) is 0 Å². The summed E-state index contributed by atoms with van der Waals surface area (Å²) in [6.07, 6.45) is 4.77. The minimum absolute atomic E-state index is 0.881. The monoisotopic (exact) mass is 340 g/mol. The third-order valence-corrected chi connectivity index (χ3v) is 4.72. The lowest BCUT2D eigenvalue weighted by Gasteiger charge is -2.36. The number of piperazine rings is 1. The van der Waals surface area contributed by atoms with Gasteiger partial charge in [-0.15, -0.1) is 0 Å². The number of pyridine rings is 1. The molecule has 1 aromatic heterocycles. The predicted octanol–water partition coefficient (Wildman–Crippen LogP) is 2.32. The number of nitrogens with zero attached hydrogens (tertiary/aromatic N) is 3. The SMILES string of the molecule is S=C(NCCc1ccccc1)N1CCN(Cc2cccnc2)CC1. The first-order valence-electron chi connectivity index (χ1n) is 8.49. The molecule has 0 aliphatic carbocycles. The van der Waals surface area contributed by atoms with Gasteiger partial charge in [-0.25, -0.2) is 0 Å². The molecule has 1 aromatic carbocycles. The van der Waals surface area contributed by atoms with Gasteiger partial charge in [-0.1, -0.05) is 36.4 Å². The van der Waals surface area contributed by atoms with Crippen molar-refractivity contribution in [3.63, 3.8) is 0 Å². The van der Waals surface area contributed by atoms with Crippen LogP contribution in [-0.2, 0) is 13.0 Å². The largest absolute Gasteiger partial charge is 0.362 e. The normalized spacial score (nSPS) is 15.2. The van der Waals surface area contributed by atoms with Crippen molar-refractivity contribution in [2.45, 2.75) is 13.0 Å². The molecule has 1 N–H and O–H groups in total. The first-order chi connectivity index (χ1) is 11.8. The molecule has 1 aliphatic heterocycles. The molecule has 126 valence electrons. The van der Waals surface area contributed by atoms with Crippen LogP contribution in [-0.4, -0.2) is 52.6 Å². The van der Waals surface area contributed by atoms with Crippen molar-refractivity contribution < 1.29 is 0 Å². The Hall–Kier alpha value is -1.98. The summed E-state index contributed by atoms with van der Waals surface area (Å²) >= 11 is 5.54. The van der Waals surface area contributed by atoms with Crippen molar-refractivity contribution in [2.24, 2.45) is 0 Å². The van der Waals surface area contributed by atoms with E-state index in [0.717, 1.165) is 50.8 Å². The minimum atomic E-state index is 0.881. The quantitative estimate of drug-likeness (QED) is 0.845. The molecule has 0 saturated carbocycles. The molecular formula is C19H24N4S. The summed E-state index contributed by atoms with van der Waals surface area (Å²) in [6, 6.07) is 14.6. The molecule has 0 radical (unpaired) electrons. The molecule has 0 unspecified atom stereocenters. The molecule has 0 atom stereocenters. The second-order valence-corrected chi connectivity index (χ2v) is 6.48. The van der Waals surface area contributed by atoms with E-state index < -0.39 is 0 Å². The molecule has 0 bridgehead atoms. The summed E-state index contributed by atoms with van der Waals surface area (Å²) in [5.41, 5.74) is 2.61. The molecule has 5 heteroatoms. The van der Waals surface area contributed by atoms with Gasteiger partial charge in [0.25, 0.3) is 0 Å². The maximum Gasteiger partial charge on any atom is 0.169 e. The smallest absolute Gasteiger partial charge is 0.169 e. The standard InChI is InChI=1S/C19H24N4S/c24-19(21-10-8-17-5-2-1-3-6-17)23-13-11-22(12-14-23)16-18-7-4-9-20-15-18/h1-7,9,15H,8,10-14,16H2,(H,21,24). The fraction of sp³-hybridized carbons (Fsp3) is 0.368. The average Bonchev–Trinajstić information content (AvgIpc) is 2.64. The topological polar surface area (TPSA) is 31.4 Å². The van der Waals surface area contributed by atoms with Gasteiger partial charge >= 0.3 is 0 Å². The Morgan fingerprint density at radius 3 is 2.46 bits per heavy atom. The summed E-state index contributed by atoms with van der Waals surface area (Å²) in [5.74, 6) is 0. The number of benzene rings is 1. The van der Waals surface area contributed by atoms with Crippen LogP contribution in [0, 0.1) is 0 Å². The van der Waals surface area contributed by atoms with Gasteiger partial charge in [-0.05, 0) is 35.8 Å². The number of nitrogens with one attached hydrogen (secondary N) is 1. The van der Waals surface area contributed by atoms with Crippen molar-refractivity contribution in [3.05, 3.63) is 66.0 Å². The maximum absolute atomic E-state index is 5.54. The molecule has 0 amide bonds. The summed E-state index contributed by atoms with van der Waals surface area (Å²) in [4.78, 5) is 8.92. The summed E-state index contributed by atoms with van der Waals surface area (Å²) < 4.78 is 0. The van der Waals surface area contributed by atoms with Crippen LogP contribution in [0.3, 0.4) is 0 Å². The Kier molecular flexibility index (Phi) is 6.15. The Labute approximate surface area is 149 Å². The van der Waals surface area contributed by atoms with E-state index >= 15 is 0 Å². The highest BCUT2D eigenvalue weighted by molar-refractivity contribution is 7.80. The molecule has 1 saturated heterocycles. The lowest BCUT2D eigenvalue weighted by Crippen LogP contribution is -2.51. The summed E-state index contributed by atoms with van der Waals surface area (Å²) in [7, 11) is 0. The minimum Gasteiger partial charge on any atom is -0.362 e. The molecule has 2 heterocycles. The fourth-order valence-corrected chi connectivity index (χ4v) is 3.21. The lowest BCUT2D eigenvalue weighted by atomic mass is 10.1. The van der Waals surface area contributed by atoms with Crippen molar-refractivity contribution in [1.82, 2.24) is 20.1 Å². The molecule has 1 aliphatic rings. The van der Waals surface area contributed by atoms with E-state index in [2.05, 4.69) is 50.4 Å². The molecule has 2 aromatic rings. The van der Waals surface area contributed by atoms with Gasteiger partial charge in [0.05, 0.1) is 0 Å². The van der Waals surface area contributed by atoms with E-state index in [1.807, 2.05) is 24.5 Å². The van der Waals surface area contributed by atoms with Gasteiger partial charge in [0.2, 0.25) is 0 Å². The summed E-state index contributed by atoms with van der Waals surface area (Å²) in [6.45, 7) is 5.90. The van der Waals surface area contributed by atoms with Gasteiger partial charge in [0, 0.05) is 51.7 Å². The van der Waals surface area contributed by atoms with Crippen molar-refractivity contribution >= 4 is 17.3 Å². The number of hydrogen-bond donors (Lipinski definition) is 1. The molecule has 3 rings (SSSR count). The van der Waals surface area contributed by atoms with Crippen LogP contribution in [0.2, 0.25) is 0 Å². The zero-order chi connectivity index (χ0) is 16.6. The van der Waals surface area contributed by atoms with Gasteiger partial charge in [0.1, 0.15) is 0 Å². The van der Waals surface area contributed by atoms with Crippen LogP contribution in [0.25, 0.3) is 0 Å². The van der Waals surface area contributed by atoms with Crippen LogP contribution in [0.15, 0.2) is 54.9 Å². The molecule has 4 nitrogen and oxygen atoms in total. The highest BCUT2D eigenvalue weighted by Crippen LogP contribution is 2.08. The zero-order valence-corrected chi connectivity index (χ0v) is 14.7. The van der Waals surface area contributed by atoms with Crippen LogP contribution in [0.4, 0.5) is 0 Å². The molecule has 0 spiro atoms. The van der Waals surface area contributed by atoms with Crippen molar-refractivity contribution in [3.8, 4) is 0 Å². The Balaban J connectivity index is 1.37. The second-order valence-electron chi connectivity index (χ2n) is 6.09. The first-order valence-corrected chi connectivity index (χ1v) is 8.90. The maximum atomic E-state index is 5.54. The number of hydrogen-bond acceptors (Lipinski definition) is 3. The highest BCUT2D eigenvalue weighted by atomic mass is 32.1. The number of thiocarbonyl (C=S) groups is 1. The van der Waals surface area contributed by atoms with Crippen LogP contribution < -0.4 is 5.32 Å². The van der Waals surface area contributed by atoms with Crippen molar-refractivity contribution in [2.75, 3.05) is 32.7 Å². The predicted molar refractivity (Wildman–Crippen MR) is 102 cm³/mol. The van der Waals surface area contributed by atoms with Crippen molar-refractivity contribution in [1.29, 1.82) is 0 Å². The third kappa shape index (κ3) is 5.01. The van der Waals surface area contributed by atoms with Crippen LogP contribution >= 0.6 is 12.2 Å². The van der Waals surface area contributed by atoms with E-state index in [4.69, 9.17) is 12.2 Å². The molecular weight excluding hydrogens is 316 g/mol. The fourth-order valence-electron chi connectivity index (χ4n) is 2.93. The van der Waals surface area contributed by atoms with Gasteiger partial charge in [-0.3, -0.25) is 9.88 Å². The van der Waals surface area contributed by atoms with Gasteiger partial charge < -0.3 is 10.2 Å².